The van der Waals surface area contributed by atoms with Crippen molar-refractivity contribution in [3.05, 3.63) is 65.3 Å². The van der Waals surface area contributed by atoms with Gasteiger partial charge in [0.15, 0.2) is 10.1 Å². The lowest BCUT2D eigenvalue weighted by Crippen LogP contribution is -2.15. The number of ether oxygens (including phenoxy) is 1. The number of carbonyl (C=O) groups is 1. The van der Waals surface area contributed by atoms with Crippen molar-refractivity contribution in [2.75, 3.05) is 12.4 Å². The van der Waals surface area contributed by atoms with Crippen molar-refractivity contribution >= 4 is 48.9 Å². The summed E-state index contributed by atoms with van der Waals surface area (Å²) < 4.78 is 8.26. The lowest BCUT2D eigenvalue weighted by Gasteiger charge is -2.01. The molecule has 3 heterocycles. The average molecular weight is 435 g/mol. The fourth-order valence-electron chi connectivity index (χ4n) is 3.27. The highest BCUT2D eigenvalue weighted by molar-refractivity contribution is 7.22. The molecule has 3 aromatic heterocycles. The smallest absolute Gasteiger partial charge is 0.232 e. The summed E-state index contributed by atoms with van der Waals surface area (Å²) in [5.74, 6) is 0.715. The van der Waals surface area contributed by atoms with Gasteiger partial charge < -0.3 is 10.1 Å². The molecule has 0 saturated carbocycles. The number of carbonyl (C=O) groups excluding carboxylic acids is 1. The molecule has 30 heavy (non-hydrogen) atoms. The fourth-order valence-corrected chi connectivity index (χ4v) is 5.12. The maximum absolute atomic E-state index is 12.6. The number of nitrogens with zero attached hydrogens (tertiary/aromatic N) is 3. The zero-order chi connectivity index (χ0) is 20.7. The van der Waals surface area contributed by atoms with E-state index in [9.17, 15) is 4.79 Å². The Labute approximate surface area is 180 Å². The first kappa shape index (κ1) is 18.8. The largest absolute Gasteiger partial charge is 0.497 e. The molecule has 1 N–H and O–H groups in total. The predicted octanol–water partition coefficient (Wildman–Crippen LogP) is 5.17. The molecular formula is C22H18N4O2S2. The monoisotopic (exact) mass is 434 g/mol. The number of methoxy groups -OCH3 is 1. The van der Waals surface area contributed by atoms with Crippen molar-refractivity contribution in [1.82, 2.24) is 14.4 Å². The van der Waals surface area contributed by atoms with Gasteiger partial charge in [-0.15, -0.1) is 11.3 Å². The number of hydrogen-bond donors (Lipinski definition) is 1. The summed E-state index contributed by atoms with van der Waals surface area (Å²) >= 11 is 3.02. The summed E-state index contributed by atoms with van der Waals surface area (Å²) in [5, 5.41) is 5.53. The summed E-state index contributed by atoms with van der Waals surface area (Å²) in [6, 6.07) is 13.9. The Bertz CT molecular complexity index is 1370. The Kier molecular flexibility index (Phi) is 4.72. The molecule has 0 aliphatic heterocycles. The molecule has 0 saturated heterocycles. The first-order valence-electron chi connectivity index (χ1n) is 9.36. The molecule has 8 heteroatoms. The number of amides is 1. The first-order chi connectivity index (χ1) is 14.6. The number of aromatic nitrogens is 3. The topological polar surface area (TPSA) is 68.5 Å². The second-order valence-electron chi connectivity index (χ2n) is 6.95. The minimum Gasteiger partial charge on any atom is -0.497 e. The zero-order valence-corrected chi connectivity index (χ0v) is 18.0. The van der Waals surface area contributed by atoms with Crippen molar-refractivity contribution in [3.8, 4) is 17.0 Å². The van der Waals surface area contributed by atoms with Crippen molar-refractivity contribution in [1.29, 1.82) is 0 Å². The summed E-state index contributed by atoms with van der Waals surface area (Å²) in [4.78, 5) is 22.7. The molecule has 0 radical (unpaired) electrons. The lowest BCUT2D eigenvalue weighted by atomic mass is 10.2. The summed E-state index contributed by atoms with van der Waals surface area (Å²) in [7, 11) is 1.65. The van der Waals surface area contributed by atoms with Gasteiger partial charge in [-0.05, 0) is 48.9 Å². The summed E-state index contributed by atoms with van der Waals surface area (Å²) in [5.41, 5.74) is 4.85. The van der Waals surface area contributed by atoms with Gasteiger partial charge >= 0.3 is 0 Å². The number of fused-ring (bicyclic) bond motifs is 2. The summed E-state index contributed by atoms with van der Waals surface area (Å²) in [6.45, 7) is 2.05. The molecule has 0 unspecified atom stereocenters. The van der Waals surface area contributed by atoms with E-state index in [1.165, 1.54) is 28.2 Å². The minimum atomic E-state index is -0.0924. The molecule has 6 nitrogen and oxygen atoms in total. The Morgan fingerprint density at radius 2 is 2.00 bits per heavy atom. The molecule has 5 rings (SSSR count). The van der Waals surface area contributed by atoms with E-state index < -0.39 is 0 Å². The third-order valence-corrected chi connectivity index (χ3v) is 6.62. The highest BCUT2D eigenvalue weighted by Crippen LogP contribution is 2.28. The second-order valence-corrected chi connectivity index (χ2v) is 8.82. The van der Waals surface area contributed by atoms with Gasteiger partial charge in [0.2, 0.25) is 5.91 Å². The number of rotatable bonds is 5. The van der Waals surface area contributed by atoms with Gasteiger partial charge in [-0.25, -0.2) is 9.97 Å². The van der Waals surface area contributed by atoms with E-state index in [2.05, 4.69) is 21.4 Å². The maximum Gasteiger partial charge on any atom is 0.232 e. The molecule has 1 amide bonds. The van der Waals surface area contributed by atoms with Gasteiger partial charge in [-0.1, -0.05) is 17.4 Å². The van der Waals surface area contributed by atoms with Crippen LogP contribution in [0.4, 0.5) is 5.13 Å². The molecular weight excluding hydrogens is 416 g/mol. The molecule has 2 aromatic carbocycles. The molecule has 0 atom stereocenters. The number of thiazole rings is 2. The molecule has 0 bridgehead atoms. The zero-order valence-electron chi connectivity index (χ0n) is 16.4. The minimum absolute atomic E-state index is 0.0924. The van der Waals surface area contributed by atoms with Crippen molar-refractivity contribution < 1.29 is 9.53 Å². The fraction of sp³-hybridized carbons (Fsp3) is 0.136. The normalized spacial score (nSPS) is 11.3. The molecule has 0 spiro atoms. The predicted molar refractivity (Wildman–Crippen MR) is 122 cm³/mol. The standard InChI is InChI=1S/C22H18N4O2S2/c1-13-3-8-17-19(9-13)30-21(23-17)25-20(27)10-15-12-29-22-24-18(11-26(15)22)14-4-6-16(28-2)7-5-14/h3-9,11-12H,10H2,1-2H3,(H,23,25,27). The van der Waals surface area contributed by atoms with Crippen LogP contribution in [0.3, 0.4) is 0 Å². The van der Waals surface area contributed by atoms with Crippen molar-refractivity contribution in [2.45, 2.75) is 13.3 Å². The maximum atomic E-state index is 12.6. The van der Waals surface area contributed by atoms with Crippen LogP contribution in [0.25, 0.3) is 26.4 Å². The highest BCUT2D eigenvalue weighted by Gasteiger charge is 2.14. The van der Waals surface area contributed by atoms with Crippen LogP contribution in [-0.4, -0.2) is 27.4 Å². The Balaban J connectivity index is 1.35. The number of nitrogens with one attached hydrogen (secondary N) is 1. The Morgan fingerprint density at radius 1 is 1.17 bits per heavy atom. The van der Waals surface area contributed by atoms with Crippen LogP contribution < -0.4 is 10.1 Å². The van der Waals surface area contributed by atoms with Gasteiger partial charge in [-0.3, -0.25) is 9.20 Å². The van der Waals surface area contributed by atoms with Crippen molar-refractivity contribution in [3.63, 3.8) is 0 Å². The third-order valence-electron chi connectivity index (χ3n) is 4.80. The van der Waals surface area contributed by atoms with Crippen LogP contribution in [0.15, 0.2) is 54.0 Å². The van der Waals surface area contributed by atoms with E-state index in [-0.39, 0.29) is 12.3 Å². The van der Waals surface area contributed by atoms with Gasteiger partial charge in [0.1, 0.15) is 5.75 Å². The molecule has 150 valence electrons. The van der Waals surface area contributed by atoms with Crippen molar-refractivity contribution in [2.24, 2.45) is 0 Å². The van der Waals surface area contributed by atoms with Gasteiger partial charge in [0.25, 0.3) is 0 Å². The molecule has 0 aliphatic carbocycles. The number of aryl methyl sites for hydroxylation is 1. The SMILES string of the molecule is COc1ccc(-c2cn3c(CC(=O)Nc4nc5ccc(C)cc5s4)csc3n2)cc1. The number of anilines is 1. The van der Waals surface area contributed by atoms with E-state index in [0.29, 0.717) is 5.13 Å². The van der Waals surface area contributed by atoms with Gasteiger partial charge in [0, 0.05) is 22.8 Å². The average Bonchev–Trinajstić information content (AvgIpc) is 3.43. The second kappa shape index (κ2) is 7.55. The molecule has 0 fully saturated rings. The van der Waals surface area contributed by atoms with Crippen LogP contribution in [-0.2, 0) is 11.2 Å². The molecule has 0 aliphatic rings. The van der Waals surface area contributed by atoms with Crippen LogP contribution in [0.2, 0.25) is 0 Å². The highest BCUT2D eigenvalue weighted by atomic mass is 32.1. The molecule has 5 aromatic rings. The van der Waals surface area contributed by atoms with Crippen LogP contribution in [0, 0.1) is 6.92 Å². The quantitative estimate of drug-likeness (QED) is 0.414. The van der Waals surface area contributed by atoms with E-state index in [4.69, 9.17) is 4.74 Å². The lowest BCUT2D eigenvalue weighted by molar-refractivity contribution is -0.115. The number of imidazole rings is 1. The Morgan fingerprint density at radius 3 is 2.80 bits per heavy atom. The van der Waals surface area contributed by atoms with Gasteiger partial charge in [0.05, 0.1) is 29.4 Å². The van der Waals surface area contributed by atoms with E-state index in [1.807, 2.05) is 59.3 Å². The number of hydrogen-bond acceptors (Lipinski definition) is 6. The third kappa shape index (κ3) is 3.55. The number of benzene rings is 2. The van der Waals surface area contributed by atoms with E-state index in [1.54, 1.807) is 7.11 Å². The van der Waals surface area contributed by atoms with Crippen LogP contribution >= 0.6 is 22.7 Å². The van der Waals surface area contributed by atoms with E-state index >= 15 is 0 Å². The van der Waals surface area contributed by atoms with Gasteiger partial charge in [-0.2, -0.15) is 0 Å². The first-order valence-corrected chi connectivity index (χ1v) is 11.1. The Hall–Kier alpha value is -3.23. The van der Waals surface area contributed by atoms with Crippen LogP contribution in [0.5, 0.6) is 5.75 Å². The van der Waals surface area contributed by atoms with E-state index in [0.717, 1.165) is 37.9 Å². The summed E-state index contributed by atoms with van der Waals surface area (Å²) in [6.07, 6.45) is 2.23. The van der Waals surface area contributed by atoms with Crippen LogP contribution in [0.1, 0.15) is 11.3 Å².